The van der Waals surface area contributed by atoms with E-state index in [2.05, 4.69) is 13.8 Å². The summed E-state index contributed by atoms with van der Waals surface area (Å²) >= 11 is 0. The monoisotopic (exact) mass is 235 g/mol. The summed E-state index contributed by atoms with van der Waals surface area (Å²) in [7, 11) is 1.83. The third-order valence-electron chi connectivity index (χ3n) is 2.79. The van der Waals surface area contributed by atoms with E-state index in [4.69, 9.17) is 5.11 Å². The van der Waals surface area contributed by atoms with Crippen LogP contribution in [-0.4, -0.2) is 42.5 Å². The quantitative estimate of drug-likeness (QED) is 0.766. The Bertz CT molecular complexity index is 357. The molecule has 0 radical (unpaired) electrons. The lowest BCUT2D eigenvalue weighted by molar-refractivity contribution is 0.0935. The van der Waals surface area contributed by atoms with Crippen molar-refractivity contribution in [2.75, 3.05) is 26.7 Å². The zero-order valence-electron chi connectivity index (χ0n) is 10.8. The number of likely N-dealkylation sites (N-methyl/N-ethyl adjacent to an activating group) is 1. The molecule has 0 amide bonds. The molecule has 0 bridgehead atoms. The van der Waals surface area contributed by atoms with Crippen LogP contribution in [0, 0.1) is 0 Å². The molecule has 0 saturated heterocycles. The highest BCUT2D eigenvalue weighted by atomic mass is 16.3. The van der Waals surface area contributed by atoms with E-state index in [9.17, 15) is 4.79 Å². The number of carbonyl (C=O) groups is 1. The molecule has 0 unspecified atom stereocenters. The van der Waals surface area contributed by atoms with Crippen molar-refractivity contribution in [1.29, 1.82) is 0 Å². The van der Waals surface area contributed by atoms with Gasteiger partial charge in [0.25, 0.3) is 0 Å². The van der Waals surface area contributed by atoms with Gasteiger partial charge < -0.3 is 5.11 Å². The zero-order valence-corrected chi connectivity index (χ0v) is 10.8. The number of hydrogen-bond acceptors (Lipinski definition) is 3. The molecule has 0 aliphatic carbocycles. The predicted molar refractivity (Wildman–Crippen MR) is 69.4 cm³/mol. The maximum atomic E-state index is 11.9. The maximum Gasteiger partial charge on any atom is 0.176 e. The van der Waals surface area contributed by atoms with Crippen molar-refractivity contribution in [3.05, 3.63) is 35.4 Å². The molecule has 0 saturated carbocycles. The van der Waals surface area contributed by atoms with Crippen molar-refractivity contribution in [2.24, 2.45) is 0 Å². The van der Waals surface area contributed by atoms with Gasteiger partial charge >= 0.3 is 0 Å². The number of rotatable bonds is 6. The highest BCUT2D eigenvalue weighted by Gasteiger charge is 2.09. The summed E-state index contributed by atoms with van der Waals surface area (Å²) in [5.41, 5.74) is 1.98. The van der Waals surface area contributed by atoms with Crippen LogP contribution in [0.1, 0.15) is 35.7 Å². The summed E-state index contributed by atoms with van der Waals surface area (Å²) in [5.74, 6) is 0.576. The number of hydrogen-bond donors (Lipinski definition) is 1. The number of aliphatic hydroxyl groups is 1. The second-order valence-corrected chi connectivity index (χ2v) is 4.66. The number of Topliss-reactive ketones (excluding diaryl/α,β-unsaturated/α-hetero) is 1. The van der Waals surface area contributed by atoms with E-state index in [0.717, 1.165) is 5.56 Å². The van der Waals surface area contributed by atoms with E-state index in [0.29, 0.717) is 19.0 Å². The number of nitrogens with zero attached hydrogens (tertiary/aromatic N) is 1. The van der Waals surface area contributed by atoms with Gasteiger partial charge in [-0.25, -0.2) is 0 Å². The first kappa shape index (κ1) is 13.9. The van der Waals surface area contributed by atoms with E-state index in [1.165, 1.54) is 5.56 Å². The molecule has 1 aromatic rings. The molecule has 17 heavy (non-hydrogen) atoms. The summed E-state index contributed by atoms with van der Waals surface area (Å²) in [6, 6.07) is 7.77. The van der Waals surface area contributed by atoms with Gasteiger partial charge in [-0.3, -0.25) is 9.69 Å². The lowest BCUT2D eigenvalue weighted by Crippen LogP contribution is -2.28. The van der Waals surface area contributed by atoms with Crippen molar-refractivity contribution >= 4 is 5.78 Å². The van der Waals surface area contributed by atoms with E-state index in [-0.39, 0.29) is 12.4 Å². The SMILES string of the molecule is CC(C)c1ccc(C(=O)CN(C)CCO)cc1. The Morgan fingerprint density at radius 2 is 1.88 bits per heavy atom. The average Bonchev–Trinajstić information content (AvgIpc) is 2.29. The largest absolute Gasteiger partial charge is 0.395 e. The van der Waals surface area contributed by atoms with Gasteiger partial charge in [-0.1, -0.05) is 38.1 Å². The first-order valence-electron chi connectivity index (χ1n) is 5.97. The van der Waals surface area contributed by atoms with Gasteiger partial charge in [0.05, 0.1) is 13.2 Å². The molecule has 0 aliphatic heterocycles. The van der Waals surface area contributed by atoms with Crippen molar-refractivity contribution in [3.8, 4) is 0 Å². The number of aliphatic hydroxyl groups excluding tert-OH is 1. The third kappa shape index (κ3) is 4.29. The summed E-state index contributed by atoms with van der Waals surface area (Å²) in [5, 5.41) is 8.76. The highest BCUT2D eigenvalue weighted by Crippen LogP contribution is 2.15. The maximum absolute atomic E-state index is 11.9. The predicted octanol–water partition coefficient (Wildman–Crippen LogP) is 1.92. The summed E-state index contributed by atoms with van der Waals surface area (Å²) in [6.07, 6.45) is 0. The molecule has 1 N–H and O–H groups in total. The number of ketones is 1. The number of benzene rings is 1. The first-order valence-corrected chi connectivity index (χ1v) is 5.97. The minimum absolute atomic E-state index is 0.0794. The topological polar surface area (TPSA) is 40.5 Å². The smallest absolute Gasteiger partial charge is 0.176 e. The second-order valence-electron chi connectivity index (χ2n) is 4.66. The van der Waals surface area contributed by atoms with Gasteiger partial charge in [0, 0.05) is 12.1 Å². The van der Waals surface area contributed by atoms with E-state index >= 15 is 0 Å². The van der Waals surface area contributed by atoms with Gasteiger partial charge in [-0.2, -0.15) is 0 Å². The normalized spacial score (nSPS) is 11.2. The molecule has 0 spiro atoms. The van der Waals surface area contributed by atoms with Crippen molar-refractivity contribution in [1.82, 2.24) is 4.90 Å². The fraction of sp³-hybridized carbons (Fsp3) is 0.500. The first-order chi connectivity index (χ1) is 8.04. The Kier molecular flexibility index (Phi) is 5.32. The third-order valence-corrected chi connectivity index (χ3v) is 2.79. The summed E-state index contributed by atoms with van der Waals surface area (Å²) < 4.78 is 0. The van der Waals surface area contributed by atoms with Crippen molar-refractivity contribution < 1.29 is 9.90 Å². The molecule has 0 fully saturated rings. The van der Waals surface area contributed by atoms with E-state index in [1.807, 2.05) is 36.2 Å². The lowest BCUT2D eigenvalue weighted by Gasteiger charge is -2.14. The van der Waals surface area contributed by atoms with Crippen LogP contribution in [0.3, 0.4) is 0 Å². The Morgan fingerprint density at radius 1 is 1.29 bits per heavy atom. The molecule has 0 aromatic heterocycles. The molecular weight excluding hydrogens is 214 g/mol. The van der Waals surface area contributed by atoms with Gasteiger partial charge in [0.15, 0.2) is 5.78 Å². The molecule has 3 nitrogen and oxygen atoms in total. The lowest BCUT2D eigenvalue weighted by atomic mass is 10.0. The molecule has 3 heteroatoms. The van der Waals surface area contributed by atoms with Gasteiger partial charge in [-0.15, -0.1) is 0 Å². The average molecular weight is 235 g/mol. The van der Waals surface area contributed by atoms with E-state index < -0.39 is 0 Å². The Balaban J connectivity index is 2.63. The minimum Gasteiger partial charge on any atom is -0.395 e. The fourth-order valence-electron chi connectivity index (χ4n) is 1.64. The zero-order chi connectivity index (χ0) is 12.8. The van der Waals surface area contributed by atoms with Crippen LogP contribution in [0.5, 0.6) is 0 Å². The molecular formula is C14H21NO2. The molecule has 0 heterocycles. The van der Waals surface area contributed by atoms with Gasteiger partial charge in [0.1, 0.15) is 0 Å². The van der Waals surface area contributed by atoms with Crippen LogP contribution >= 0.6 is 0 Å². The van der Waals surface area contributed by atoms with Crippen molar-refractivity contribution in [2.45, 2.75) is 19.8 Å². The molecule has 0 atom stereocenters. The minimum atomic E-state index is 0.0794. The Hall–Kier alpha value is -1.19. The highest BCUT2D eigenvalue weighted by molar-refractivity contribution is 5.97. The van der Waals surface area contributed by atoms with Crippen LogP contribution < -0.4 is 0 Å². The fourth-order valence-corrected chi connectivity index (χ4v) is 1.64. The van der Waals surface area contributed by atoms with Gasteiger partial charge in [-0.05, 0) is 18.5 Å². The van der Waals surface area contributed by atoms with Crippen LogP contribution in [0.25, 0.3) is 0 Å². The van der Waals surface area contributed by atoms with Crippen LogP contribution in [-0.2, 0) is 0 Å². The molecule has 0 aliphatic rings. The second kappa shape index (κ2) is 6.52. The van der Waals surface area contributed by atoms with E-state index in [1.54, 1.807) is 0 Å². The van der Waals surface area contributed by atoms with Crippen LogP contribution in [0.15, 0.2) is 24.3 Å². The Labute approximate surface area is 103 Å². The number of carbonyl (C=O) groups excluding carboxylic acids is 1. The summed E-state index contributed by atoms with van der Waals surface area (Å²) in [6.45, 7) is 5.21. The van der Waals surface area contributed by atoms with Crippen molar-refractivity contribution in [3.63, 3.8) is 0 Å². The van der Waals surface area contributed by atoms with Crippen LogP contribution in [0.2, 0.25) is 0 Å². The van der Waals surface area contributed by atoms with Crippen LogP contribution in [0.4, 0.5) is 0 Å². The molecule has 94 valence electrons. The standard InChI is InChI=1S/C14H21NO2/c1-11(2)12-4-6-13(7-5-12)14(17)10-15(3)8-9-16/h4-7,11,16H,8-10H2,1-3H3. The molecule has 1 rings (SSSR count). The molecule has 1 aromatic carbocycles. The van der Waals surface area contributed by atoms with Gasteiger partial charge in [0.2, 0.25) is 0 Å². The summed E-state index contributed by atoms with van der Waals surface area (Å²) in [4.78, 5) is 13.7. The Morgan fingerprint density at radius 3 is 2.35 bits per heavy atom.